The van der Waals surface area contributed by atoms with Crippen LogP contribution in [0.3, 0.4) is 0 Å². The van der Waals surface area contributed by atoms with Crippen molar-refractivity contribution in [1.82, 2.24) is 14.9 Å². The van der Waals surface area contributed by atoms with Crippen molar-refractivity contribution in [3.05, 3.63) is 54.6 Å². The van der Waals surface area contributed by atoms with E-state index < -0.39 is 0 Å². The van der Waals surface area contributed by atoms with E-state index in [4.69, 9.17) is 0 Å². The highest BCUT2D eigenvalue weighted by Gasteiger charge is 1.93. The fraction of sp³-hybridized carbons (Fsp3) is 0.438. The maximum absolute atomic E-state index is 4.01. The highest BCUT2D eigenvalue weighted by atomic mass is 14.9. The van der Waals surface area contributed by atoms with Gasteiger partial charge in [0.15, 0.2) is 0 Å². The topological polar surface area (TPSA) is 29.9 Å². The Morgan fingerprint density at radius 2 is 1.68 bits per heavy atom. The Morgan fingerprint density at radius 3 is 2.47 bits per heavy atom. The third-order valence-corrected chi connectivity index (χ3v) is 3.26. The zero-order valence-corrected chi connectivity index (χ0v) is 11.5. The average Bonchev–Trinajstić information content (AvgIpc) is 2.96. The molecule has 3 nitrogen and oxygen atoms in total. The van der Waals surface area contributed by atoms with Gasteiger partial charge in [0.1, 0.15) is 0 Å². The molecule has 2 rings (SSSR count). The van der Waals surface area contributed by atoms with Crippen LogP contribution in [0.15, 0.2) is 49.1 Å². The van der Waals surface area contributed by atoms with Crippen LogP contribution in [0, 0.1) is 0 Å². The van der Waals surface area contributed by atoms with Gasteiger partial charge in [0.05, 0.1) is 0 Å². The highest BCUT2D eigenvalue weighted by molar-refractivity contribution is 5.08. The van der Waals surface area contributed by atoms with E-state index in [1.54, 1.807) is 0 Å². The summed E-state index contributed by atoms with van der Waals surface area (Å²) in [5, 5.41) is 3.47. The fourth-order valence-electron chi connectivity index (χ4n) is 2.15. The molecule has 3 heteroatoms. The summed E-state index contributed by atoms with van der Waals surface area (Å²) in [5.41, 5.74) is 1.31. The van der Waals surface area contributed by atoms with E-state index >= 15 is 0 Å². The summed E-state index contributed by atoms with van der Waals surface area (Å²) in [6, 6.07) is 8.29. The lowest BCUT2D eigenvalue weighted by Crippen LogP contribution is -2.14. The summed E-state index contributed by atoms with van der Waals surface area (Å²) >= 11 is 0. The summed E-state index contributed by atoms with van der Waals surface area (Å²) < 4.78 is 2.25. The summed E-state index contributed by atoms with van der Waals surface area (Å²) in [7, 11) is 0. The minimum absolute atomic E-state index is 0.950. The molecule has 0 saturated heterocycles. The molecule has 0 aliphatic heterocycles. The van der Waals surface area contributed by atoms with E-state index in [9.17, 15) is 0 Å². The second-order valence-electron chi connectivity index (χ2n) is 4.87. The monoisotopic (exact) mass is 257 g/mol. The van der Waals surface area contributed by atoms with E-state index in [2.05, 4.69) is 51.5 Å². The summed E-state index contributed by atoms with van der Waals surface area (Å²) in [6.45, 7) is 3.20. The molecule has 19 heavy (non-hydrogen) atoms. The predicted molar refractivity (Wildman–Crippen MR) is 78.8 cm³/mol. The van der Waals surface area contributed by atoms with Crippen molar-refractivity contribution < 1.29 is 0 Å². The second-order valence-corrected chi connectivity index (χ2v) is 4.87. The van der Waals surface area contributed by atoms with Gasteiger partial charge in [-0.15, -0.1) is 0 Å². The van der Waals surface area contributed by atoms with E-state index in [1.807, 2.05) is 12.4 Å². The van der Waals surface area contributed by atoms with Crippen molar-refractivity contribution in [3.8, 4) is 0 Å². The Morgan fingerprint density at radius 1 is 0.947 bits per heavy atom. The van der Waals surface area contributed by atoms with Gasteiger partial charge in [0, 0.05) is 37.9 Å². The molecular weight excluding hydrogens is 234 g/mol. The maximum atomic E-state index is 4.01. The molecule has 0 radical (unpaired) electrons. The Hall–Kier alpha value is -1.61. The molecule has 2 aromatic rings. The molecule has 0 spiro atoms. The number of nitrogens with zero attached hydrogens (tertiary/aromatic N) is 2. The molecule has 0 amide bonds. The standard InChI is InChI=1S/C16H23N3/c1(2-4-12-19-13-5-6-14-19)3-9-18-15-16-7-10-17-11-8-16/h5-8,10-11,13-14,18H,1-4,9,12,15H2. The minimum Gasteiger partial charge on any atom is -0.354 e. The Bertz CT molecular complexity index is 423. The number of nitrogens with one attached hydrogen (secondary N) is 1. The van der Waals surface area contributed by atoms with Crippen LogP contribution in [-0.2, 0) is 13.1 Å². The Balaban J connectivity index is 1.42. The lowest BCUT2D eigenvalue weighted by molar-refractivity contribution is 0.552. The van der Waals surface area contributed by atoms with Crippen LogP contribution in [0.25, 0.3) is 0 Å². The van der Waals surface area contributed by atoms with Gasteiger partial charge < -0.3 is 9.88 Å². The number of hydrogen-bond donors (Lipinski definition) is 1. The van der Waals surface area contributed by atoms with Crippen LogP contribution >= 0.6 is 0 Å². The molecular formula is C16H23N3. The van der Waals surface area contributed by atoms with Crippen molar-refractivity contribution in [2.75, 3.05) is 6.54 Å². The first-order valence-corrected chi connectivity index (χ1v) is 7.15. The SMILES string of the molecule is c1ccn(CCCCCCNCc2ccncc2)c1. The first-order valence-electron chi connectivity index (χ1n) is 7.15. The van der Waals surface area contributed by atoms with Gasteiger partial charge in [-0.3, -0.25) is 4.98 Å². The molecule has 0 unspecified atom stereocenters. The Labute approximate surface area is 115 Å². The van der Waals surface area contributed by atoms with Crippen molar-refractivity contribution in [2.45, 2.75) is 38.8 Å². The molecule has 0 saturated carbocycles. The Kier molecular flexibility index (Phi) is 6.17. The largest absolute Gasteiger partial charge is 0.354 e. The van der Waals surface area contributed by atoms with Crippen LogP contribution < -0.4 is 5.32 Å². The van der Waals surface area contributed by atoms with Crippen LogP contribution in [0.4, 0.5) is 0 Å². The van der Waals surface area contributed by atoms with Gasteiger partial charge in [-0.1, -0.05) is 12.8 Å². The smallest absolute Gasteiger partial charge is 0.0271 e. The number of aromatic nitrogens is 2. The van der Waals surface area contributed by atoms with Crippen LogP contribution in [0.2, 0.25) is 0 Å². The lowest BCUT2D eigenvalue weighted by atomic mass is 10.2. The zero-order valence-electron chi connectivity index (χ0n) is 11.5. The van der Waals surface area contributed by atoms with Crippen molar-refractivity contribution in [1.29, 1.82) is 0 Å². The molecule has 0 aliphatic carbocycles. The van der Waals surface area contributed by atoms with E-state index in [1.165, 1.54) is 31.2 Å². The van der Waals surface area contributed by atoms with Crippen molar-refractivity contribution >= 4 is 0 Å². The van der Waals surface area contributed by atoms with Crippen molar-refractivity contribution in [2.24, 2.45) is 0 Å². The summed E-state index contributed by atoms with van der Waals surface area (Å²) in [4.78, 5) is 4.01. The third-order valence-electron chi connectivity index (χ3n) is 3.26. The fourth-order valence-corrected chi connectivity index (χ4v) is 2.15. The number of aryl methyl sites for hydroxylation is 1. The molecule has 0 bridgehead atoms. The van der Waals surface area contributed by atoms with Gasteiger partial charge in [0.25, 0.3) is 0 Å². The van der Waals surface area contributed by atoms with E-state index in [0.717, 1.165) is 19.6 Å². The molecule has 102 valence electrons. The average molecular weight is 257 g/mol. The normalized spacial score (nSPS) is 10.7. The number of pyridine rings is 1. The third kappa shape index (κ3) is 5.71. The van der Waals surface area contributed by atoms with E-state index in [-0.39, 0.29) is 0 Å². The maximum Gasteiger partial charge on any atom is 0.0271 e. The van der Waals surface area contributed by atoms with Gasteiger partial charge in [-0.2, -0.15) is 0 Å². The first kappa shape index (κ1) is 13.8. The quantitative estimate of drug-likeness (QED) is 0.699. The van der Waals surface area contributed by atoms with Gasteiger partial charge in [0.2, 0.25) is 0 Å². The minimum atomic E-state index is 0.950. The molecule has 2 heterocycles. The number of rotatable bonds is 9. The van der Waals surface area contributed by atoms with Gasteiger partial charge >= 0.3 is 0 Å². The summed E-state index contributed by atoms with van der Waals surface area (Å²) in [6.07, 6.45) is 13.1. The van der Waals surface area contributed by atoms with E-state index in [0.29, 0.717) is 0 Å². The number of hydrogen-bond acceptors (Lipinski definition) is 2. The second kappa shape index (κ2) is 8.48. The molecule has 1 N–H and O–H groups in total. The highest BCUT2D eigenvalue weighted by Crippen LogP contribution is 2.02. The predicted octanol–water partition coefficient (Wildman–Crippen LogP) is 3.23. The van der Waals surface area contributed by atoms with Crippen molar-refractivity contribution in [3.63, 3.8) is 0 Å². The lowest BCUT2D eigenvalue weighted by Gasteiger charge is -2.05. The molecule has 0 fully saturated rings. The zero-order chi connectivity index (χ0) is 13.2. The van der Waals surface area contributed by atoms with Gasteiger partial charge in [-0.05, 0) is 49.2 Å². The van der Waals surface area contributed by atoms with Crippen LogP contribution in [-0.4, -0.2) is 16.1 Å². The molecule has 0 aromatic carbocycles. The molecule has 0 atom stereocenters. The first-order chi connectivity index (χ1) is 9.45. The summed E-state index contributed by atoms with van der Waals surface area (Å²) in [5.74, 6) is 0. The van der Waals surface area contributed by atoms with Crippen LogP contribution in [0.5, 0.6) is 0 Å². The number of unbranched alkanes of at least 4 members (excludes halogenated alkanes) is 3. The van der Waals surface area contributed by atoms with Crippen LogP contribution in [0.1, 0.15) is 31.2 Å². The molecule has 2 aromatic heterocycles. The van der Waals surface area contributed by atoms with Gasteiger partial charge in [-0.25, -0.2) is 0 Å². The molecule has 0 aliphatic rings.